The zero-order chi connectivity index (χ0) is 10.4. The van der Waals surface area contributed by atoms with Gasteiger partial charge < -0.3 is 0 Å². The summed E-state index contributed by atoms with van der Waals surface area (Å²) < 4.78 is 12.8. The first-order valence-corrected chi connectivity index (χ1v) is 6.58. The van der Waals surface area contributed by atoms with Crippen molar-refractivity contribution in [3.63, 3.8) is 0 Å². The Balaban J connectivity index is 1.75. The summed E-state index contributed by atoms with van der Waals surface area (Å²) in [4.78, 5) is 0.438. The fourth-order valence-electron chi connectivity index (χ4n) is 3.18. The van der Waals surface area contributed by atoms with Gasteiger partial charge in [0.05, 0.1) is 0 Å². The molecule has 3 unspecified atom stereocenters. The first kappa shape index (κ1) is 9.83. The highest BCUT2D eigenvalue weighted by Gasteiger charge is 2.55. The van der Waals surface area contributed by atoms with Gasteiger partial charge in [0.25, 0.3) is 0 Å². The monoisotopic (exact) mass is 268 g/mol. The van der Waals surface area contributed by atoms with Crippen LogP contribution in [0.2, 0.25) is 0 Å². The van der Waals surface area contributed by atoms with Crippen LogP contribution >= 0.6 is 15.9 Å². The molecule has 15 heavy (non-hydrogen) atoms. The van der Waals surface area contributed by atoms with Gasteiger partial charge in [-0.15, -0.1) is 0 Å². The van der Waals surface area contributed by atoms with E-state index in [2.05, 4.69) is 15.9 Å². The molecule has 0 aromatic heterocycles. The number of halogens is 2. The average molecular weight is 269 g/mol. The predicted molar refractivity (Wildman–Crippen MR) is 62.4 cm³/mol. The van der Waals surface area contributed by atoms with Crippen LogP contribution in [-0.2, 0) is 0 Å². The Hall–Kier alpha value is -0.370. The highest BCUT2D eigenvalue weighted by atomic mass is 79.9. The van der Waals surface area contributed by atoms with E-state index < -0.39 is 0 Å². The molecule has 2 heteroatoms. The summed E-state index contributed by atoms with van der Waals surface area (Å²) in [5.41, 5.74) is 1.23. The predicted octanol–water partition coefficient (Wildman–Crippen LogP) is 4.31. The SMILES string of the molecule is Fc1ccc(C(Br)C2C3CCCC32)cc1. The Bertz CT molecular complexity index is 349. The van der Waals surface area contributed by atoms with E-state index in [-0.39, 0.29) is 5.82 Å². The van der Waals surface area contributed by atoms with Gasteiger partial charge in [0.2, 0.25) is 0 Å². The summed E-state index contributed by atoms with van der Waals surface area (Å²) in [7, 11) is 0. The van der Waals surface area contributed by atoms with Crippen LogP contribution in [0.4, 0.5) is 4.39 Å². The van der Waals surface area contributed by atoms with Crippen LogP contribution in [0.5, 0.6) is 0 Å². The quantitative estimate of drug-likeness (QED) is 0.702. The average Bonchev–Trinajstić information content (AvgIpc) is 2.72. The second kappa shape index (κ2) is 3.58. The van der Waals surface area contributed by atoms with E-state index in [1.807, 2.05) is 12.1 Å². The van der Waals surface area contributed by atoms with Gasteiger partial charge in [0.1, 0.15) is 5.82 Å². The Morgan fingerprint density at radius 3 is 2.33 bits per heavy atom. The molecule has 80 valence electrons. The first-order valence-electron chi connectivity index (χ1n) is 5.67. The van der Waals surface area contributed by atoms with E-state index in [4.69, 9.17) is 0 Å². The molecule has 0 bridgehead atoms. The zero-order valence-electron chi connectivity index (χ0n) is 8.50. The molecule has 2 fully saturated rings. The summed E-state index contributed by atoms with van der Waals surface area (Å²) in [6.07, 6.45) is 4.21. The van der Waals surface area contributed by atoms with Gasteiger partial charge in [-0.05, 0) is 48.3 Å². The highest BCUT2D eigenvalue weighted by molar-refractivity contribution is 9.09. The standard InChI is InChI=1S/C13H14BrF/c14-13(8-4-6-9(15)7-5-8)12-10-2-1-3-11(10)12/h4-7,10-13H,1-3H2. The molecular formula is C13H14BrF. The Morgan fingerprint density at radius 2 is 1.73 bits per heavy atom. The lowest BCUT2D eigenvalue weighted by atomic mass is 10.0. The van der Waals surface area contributed by atoms with Crippen molar-refractivity contribution in [3.05, 3.63) is 35.6 Å². The third-order valence-corrected chi connectivity index (χ3v) is 5.14. The number of alkyl halides is 1. The molecular weight excluding hydrogens is 255 g/mol. The number of fused-ring (bicyclic) bond motifs is 1. The van der Waals surface area contributed by atoms with Crippen LogP contribution in [-0.4, -0.2) is 0 Å². The van der Waals surface area contributed by atoms with Crippen molar-refractivity contribution >= 4 is 15.9 Å². The molecule has 2 saturated carbocycles. The summed E-state index contributed by atoms with van der Waals surface area (Å²) in [5.74, 6) is 2.55. The minimum absolute atomic E-state index is 0.144. The van der Waals surface area contributed by atoms with Gasteiger partial charge in [0.15, 0.2) is 0 Å². The molecule has 0 aliphatic heterocycles. The van der Waals surface area contributed by atoms with E-state index in [0.29, 0.717) is 4.83 Å². The summed E-state index contributed by atoms with van der Waals surface area (Å²) in [6, 6.07) is 6.93. The Labute approximate surface area is 98.0 Å². The van der Waals surface area contributed by atoms with Crippen molar-refractivity contribution in [3.8, 4) is 0 Å². The smallest absolute Gasteiger partial charge is 0.123 e. The van der Waals surface area contributed by atoms with Gasteiger partial charge in [-0.2, -0.15) is 0 Å². The second-order valence-electron chi connectivity index (χ2n) is 4.79. The van der Waals surface area contributed by atoms with E-state index >= 15 is 0 Å². The minimum atomic E-state index is -0.144. The van der Waals surface area contributed by atoms with Crippen molar-refractivity contribution in [2.24, 2.45) is 17.8 Å². The molecule has 0 radical (unpaired) electrons. The van der Waals surface area contributed by atoms with Crippen molar-refractivity contribution in [1.29, 1.82) is 0 Å². The number of benzene rings is 1. The summed E-state index contributed by atoms with van der Waals surface area (Å²) >= 11 is 3.77. The number of hydrogen-bond donors (Lipinski definition) is 0. The van der Waals surface area contributed by atoms with E-state index in [1.165, 1.54) is 24.8 Å². The van der Waals surface area contributed by atoms with Crippen LogP contribution in [0.15, 0.2) is 24.3 Å². The summed E-state index contributed by atoms with van der Waals surface area (Å²) in [6.45, 7) is 0. The fraction of sp³-hybridized carbons (Fsp3) is 0.538. The van der Waals surface area contributed by atoms with Crippen molar-refractivity contribution in [2.45, 2.75) is 24.1 Å². The summed E-state index contributed by atoms with van der Waals surface area (Å²) in [5, 5.41) is 0. The maximum absolute atomic E-state index is 12.8. The van der Waals surface area contributed by atoms with E-state index in [1.54, 1.807) is 12.1 Å². The second-order valence-corrected chi connectivity index (χ2v) is 5.78. The molecule has 0 nitrogen and oxygen atoms in total. The van der Waals surface area contributed by atoms with Crippen LogP contribution in [0.25, 0.3) is 0 Å². The maximum Gasteiger partial charge on any atom is 0.123 e. The Kier molecular flexibility index (Phi) is 2.35. The largest absolute Gasteiger partial charge is 0.207 e. The molecule has 2 aliphatic rings. The van der Waals surface area contributed by atoms with Crippen LogP contribution in [0.3, 0.4) is 0 Å². The number of hydrogen-bond acceptors (Lipinski definition) is 0. The fourth-order valence-corrected chi connectivity index (χ4v) is 4.27. The molecule has 1 aromatic rings. The third kappa shape index (κ3) is 1.63. The lowest BCUT2D eigenvalue weighted by molar-refractivity contribution is 0.581. The molecule has 0 spiro atoms. The topological polar surface area (TPSA) is 0 Å². The molecule has 3 atom stereocenters. The molecule has 0 saturated heterocycles. The normalized spacial score (nSPS) is 34.9. The van der Waals surface area contributed by atoms with Gasteiger partial charge in [-0.25, -0.2) is 4.39 Å². The van der Waals surface area contributed by atoms with Crippen LogP contribution < -0.4 is 0 Å². The molecule has 1 aromatic carbocycles. The molecule has 0 amide bonds. The van der Waals surface area contributed by atoms with Gasteiger partial charge in [0, 0.05) is 4.83 Å². The van der Waals surface area contributed by atoms with E-state index in [0.717, 1.165) is 17.8 Å². The van der Waals surface area contributed by atoms with Crippen LogP contribution in [0, 0.1) is 23.6 Å². The van der Waals surface area contributed by atoms with Gasteiger partial charge >= 0.3 is 0 Å². The number of rotatable bonds is 2. The molecule has 0 N–H and O–H groups in total. The van der Waals surface area contributed by atoms with Crippen LogP contribution in [0.1, 0.15) is 29.7 Å². The Morgan fingerprint density at radius 1 is 1.13 bits per heavy atom. The van der Waals surface area contributed by atoms with Crippen molar-refractivity contribution in [2.75, 3.05) is 0 Å². The lowest BCUT2D eigenvalue weighted by Crippen LogP contribution is -1.98. The minimum Gasteiger partial charge on any atom is -0.207 e. The highest BCUT2D eigenvalue weighted by Crippen LogP contribution is 2.64. The van der Waals surface area contributed by atoms with Gasteiger partial charge in [-0.3, -0.25) is 0 Å². The van der Waals surface area contributed by atoms with Gasteiger partial charge in [-0.1, -0.05) is 34.5 Å². The molecule has 3 rings (SSSR count). The molecule has 0 heterocycles. The first-order chi connectivity index (χ1) is 7.27. The zero-order valence-corrected chi connectivity index (χ0v) is 10.1. The lowest BCUT2D eigenvalue weighted by Gasteiger charge is -2.11. The van der Waals surface area contributed by atoms with E-state index in [9.17, 15) is 4.39 Å². The maximum atomic E-state index is 12.8. The third-order valence-electron chi connectivity index (χ3n) is 4.00. The van der Waals surface area contributed by atoms with Crippen molar-refractivity contribution < 1.29 is 4.39 Å². The van der Waals surface area contributed by atoms with Crippen molar-refractivity contribution in [1.82, 2.24) is 0 Å². The molecule has 2 aliphatic carbocycles.